The molecule has 196 valence electrons. The van der Waals surface area contributed by atoms with E-state index in [0.717, 1.165) is 30.8 Å². The summed E-state index contributed by atoms with van der Waals surface area (Å²) in [5.41, 5.74) is 4.30. The molecule has 2 N–H and O–H groups in total. The number of nitrogens with zero attached hydrogens (tertiary/aromatic N) is 7. The average Bonchev–Trinajstić information content (AvgIpc) is 3.51. The fourth-order valence-corrected chi connectivity index (χ4v) is 4.40. The number of aromatic nitrogens is 6. The van der Waals surface area contributed by atoms with Crippen molar-refractivity contribution < 1.29 is 19.1 Å². The quantitative estimate of drug-likeness (QED) is 0.378. The number of hydrogen-bond donors (Lipinski definition) is 2. The second-order valence-corrected chi connectivity index (χ2v) is 9.41. The van der Waals surface area contributed by atoms with Crippen LogP contribution in [0.3, 0.4) is 0 Å². The molecule has 0 radical (unpaired) electrons. The van der Waals surface area contributed by atoms with Crippen molar-refractivity contribution in [2.75, 3.05) is 44.0 Å². The Morgan fingerprint density at radius 1 is 1.21 bits per heavy atom. The molecule has 13 heteroatoms. The number of likely N-dealkylation sites (tertiary alicyclic amines) is 1. The Balaban J connectivity index is 1.17. The second-order valence-electron chi connectivity index (χ2n) is 9.41. The van der Waals surface area contributed by atoms with E-state index in [4.69, 9.17) is 9.47 Å². The number of fused-ring (bicyclic) bond motifs is 1. The lowest BCUT2D eigenvalue weighted by molar-refractivity contribution is -0.0410. The summed E-state index contributed by atoms with van der Waals surface area (Å²) in [6.07, 6.45) is 4.29. The van der Waals surface area contributed by atoms with Crippen molar-refractivity contribution in [1.29, 1.82) is 0 Å². The fourth-order valence-electron chi connectivity index (χ4n) is 4.40. The lowest BCUT2D eigenvalue weighted by Gasteiger charge is -2.36. The first-order valence-electron chi connectivity index (χ1n) is 12.4. The van der Waals surface area contributed by atoms with Crippen LogP contribution in [-0.4, -0.2) is 86.2 Å². The Bertz CT molecular complexity index is 1500. The molecule has 0 bridgehead atoms. The maximum absolute atomic E-state index is 13.3. The van der Waals surface area contributed by atoms with Crippen LogP contribution in [0.15, 0.2) is 42.7 Å². The minimum Gasteiger partial charge on any atom is -0.453 e. The van der Waals surface area contributed by atoms with Gasteiger partial charge < -0.3 is 25.0 Å². The molecule has 1 unspecified atom stereocenters. The highest BCUT2D eigenvalue weighted by Crippen LogP contribution is 2.26. The molecular weight excluding hydrogens is 490 g/mol. The van der Waals surface area contributed by atoms with Gasteiger partial charge in [-0.1, -0.05) is 12.1 Å². The third-order valence-corrected chi connectivity index (χ3v) is 6.89. The summed E-state index contributed by atoms with van der Waals surface area (Å²) >= 11 is 0. The van der Waals surface area contributed by atoms with Gasteiger partial charge in [0.15, 0.2) is 0 Å². The number of anilines is 2. The minimum absolute atomic E-state index is 0.0591. The topological polar surface area (TPSA) is 141 Å². The summed E-state index contributed by atoms with van der Waals surface area (Å²) < 4.78 is 11.9. The zero-order valence-electron chi connectivity index (χ0n) is 21.0. The van der Waals surface area contributed by atoms with Gasteiger partial charge in [-0.15, -0.1) is 10.2 Å². The van der Waals surface area contributed by atoms with Gasteiger partial charge in [0.05, 0.1) is 43.6 Å². The van der Waals surface area contributed by atoms with E-state index in [1.54, 1.807) is 15.6 Å². The third kappa shape index (κ3) is 4.52. The molecule has 6 rings (SSSR count). The van der Waals surface area contributed by atoms with Crippen molar-refractivity contribution >= 4 is 28.9 Å². The van der Waals surface area contributed by atoms with Crippen LogP contribution < -0.4 is 10.6 Å². The predicted molar refractivity (Wildman–Crippen MR) is 137 cm³/mol. The fraction of sp³-hybridized carbons (Fsp3) is 0.360. The van der Waals surface area contributed by atoms with E-state index in [1.165, 1.54) is 11.9 Å². The third-order valence-electron chi connectivity index (χ3n) is 6.89. The Morgan fingerprint density at radius 3 is 2.82 bits per heavy atom. The number of nitrogens with one attached hydrogen (secondary N) is 2. The molecule has 2 amide bonds. The summed E-state index contributed by atoms with van der Waals surface area (Å²) in [5, 5.41) is 23.5. The maximum atomic E-state index is 13.3. The van der Waals surface area contributed by atoms with E-state index >= 15 is 0 Å². The molecule has 2 aliphatic heterocycles. The molecule has 2 aliphatic rings. The van der Waals surface area contributed by atoms with Crippen molar-refractivity contribution in [2.45, 2.75) is 25.5 Å². The van der Waals surface area contributed by atoms with E-state index in [9.17, 15) is 9.59 Å². The van der Waals surface area contributed by atoms with E-state index < -0.39 is 0 Å². The highest BCUT2D eigenvalue weighted by atomic mass is 16.5. The summed E-state index contributed by atoms with van der Waals surface area (Å²) in [6.45, 7) is 4.37. The van der Waals surface area contributed by atoms with Gasteiger partial charge in [-0.25, -0.2) is 9.31 Å². The highest BCUT2D eigenvalue weighted by molar-refractivity contribution is 6.09. The first-order valence-corrected chi connectivity index (χ1v) is 12.4. The number of ether oxygens (including phenoxy) is 2. The molecule has 2 saturated heterocycles. The predicted octanol–water partition coefficient (Wildman–Crippen LogP) is 2.37. The van der Waals surface area contributed by atoms with E-state index in [0.29, 0.717) is 41.2 Å². The molecule has 2 fully saturated rings. The van der Waals surface area contributed by atoms with Crippen molar-refractivity contribution in [3.63, 3.8) is 0 Å². The van der Waals surface area contributed by atoms with E-state index in [2.05, 4.69) is 31.1 Å². The van der Waals surface area contributed by atoms with Gasteiger partial charge in [-0.05, 0) is 42.3 Å². The highest BCUT2D eigenvalue weighted by Gasteiger charge is 2.34. The van der Waals surface area contributed by atoms with Crippen LogP contribution in [-0.2, 0) is 9.47 Å². The molecule has 4 aromatic rings. The zero-order valence-corrected chi connectivity index (χ0v) is 21.0. The number of pyridine rings is 1. The number of methoxy groups -OCH3 is 1. The van der Waals surface area contributed by atoms with Crippen molar-refractivity contribution in [3.05, 3.63) is 53.9 Å². The van der Waals surface area contributed by atoms with Crippen LogP contribution >= 0.6 is 0 Å². The molecule has 5 heterocycles. The van der Waals surface area contributed by atoms with Gasteiger partial charge >= 0.3 is 6.09 Å². The number of rotatable bonds is 7. The van der Waals surface area contributed by atoms with Crippen LogP contribution in [0.1, 0.15) is 28.4 Å². The van der Waals surface area contributed by atoms with Crippen LogP contribution in [0.5, 0.6) is 0 Å². The molecule has 1 aromatic carbocycles. The summed E-state index contributed by atoms with van der Waals surface area (Å²) in [6, 6.07) is 9.38. The molecule has 1 atom stereocenters. The Labute approximate surface area is 217 Å². The number of amides is 2. The van der Waals surface area contributed by atoms with Gasteiger partial charge in [0, 0.05) is 36.3 Å². The SMILES string of the molecule is COC(=O)N1CC(n2nnc(-c3ccc(C)c(NC(=O)c4cnn5ccc(NCC6CCO6)cc45)c3)n2)C1. The monoisotopic (exact) mass is 517 g/mol. The van der Waals surface area contributed by atoms with E-state index in [1.807, 2.05) is 43.5 Å². The summed E-state index contributed by atoms with van der Waals surface area (Å²) in [5.74, 6) is 0.160. The van der Waals surface area contributed by atoms with Gasteiger partial charge in [-0.2, -0.15) is 9.90 Å². The smallest absolute Gasteiger partial charge is 0.409 e. The van der Waals surface area contributed by atoms with Crippen molar-refractivity contribution in [1.82, 2.24) is 34.7 Å². The zero-order chi connectivity index (χ0) is 26.2. The number of carbonyl (C=O) groups is 2. The van der Waals surface area contributed by atoms with Crippen molar-refractivity contribution in [3.8, 4) is 11.4 Å². The van der Waals surface area contributed by atoms with Crippen LogP contribution in [0.4, 0.5) is 16.2 Å². The molecule has 3 aromatic heterocycles. The summed E-state index contributed by atoms with van der Waals surface area (Å²) in [7, 11) is 1.35. The van der Waals surface area contributed by atoms with Gasteiger partial charge in [0.25, 0.3) is 5.91 Å². The van der Waals surface area contributed by atoms with Crippen LogP contribution in [0.2, 0.25) is 0 Å². The second kappa shape index (κ2) is 9.74. The maximum Gasteiger partial charge on any atom is 0.409 e. The molecule has 0 aliphatic carbocycles. The number of benzene rings is 1. The lowest BCUT2D eigenvalue weighted by Crippen LogP contribution is -2.51. The number of aryl methyl sites for hydroxylation is 1. The Kier molecular flexibility index (Phi) is 6.12. The van der Waals surface area contributed by atoms with Crippen LogP contribution in [0.25, 0.3) is 16.9 Å². The van der Waals surface area contributed by atoms with Crippen molar-refractivity contribution in [2.24, 2.45) is 0 Å². The average molecular weight is 518 g/mol. The summed E-state index contributed by atoms with van der Waals surface area (Å²) in [4.78, 5) is 27.9. The molecule has 0 spiro atoms. The molecule has 0 saturated carbocycles. The first kappa shape index (κ1) is 23.9. The van der Waals surface area contributed by atoms with Gasteiger partial charge in [0.2, 0.25) is 5.82 Å². The largest absolute Gasteiger partial charge is 0.453 e. The number of carbonyl (C=O) groups excluding carboxylic acids is 2. The molecular formula is C25H27N9O4. The minimum atomic E-state index is -0.373. The molecule has 38 heavy (non-hydrogen) atoms. The Hall–Kier alpha value is -4.52. The molecule has 13 nitrogen and oxygen atoms in total. The standard InChI is InChI=1S/C25H27N9O4/c1-15-3-4-16(23-29-31-34(30-23)18-13-32(14-18)25(36)37-2)9-21(15)28-24(35)20-12-27-33-7-5-17(10-22(20)33)26-11-19-6-8-38-19/h3-5,7,9-10,12,18-19,26H,6,8,11,13-14H2,1-2H3,(H,28,35). The normalized spacial score (nSPS) is 17.1. The van der Waals surface area contributed by atoms with Gasteiger partial charge in [0.1, 0.15) is 6.04 Å². The van der Waals surface area contributed by atoms with Crippen LogP contribution in [0, 0.1) is 6.92 Å². The first-order chi connectivity index (χ1) is 18.5. The number of hydrogen-bond acceptors (Lipinski definition) is 9. The number of tetrazole rings is 1. The Morgan fingerprint density at radius 2 is 2.05 bits per heavy atom. The lowest BCUT2D eigenvalue weighted by atomic mass is 10.1. The van der Waals surface area contributed by atoms with Gasteiger partial charge in [-0.3, -0.25) is 4.79 Å². The van der Waals surface area contributed by atoms with E-state index in [-0.39, 0.29) is 24.1 Å².